The molecule has 1 atom stereocenters. The lowest BCUT2D eigenvalue weighted by molar-refractivity contribution is 0.557. The van der Waals surface area contributed by atoms with Crippen LogP contribution in [0, 0.1) is 0 Å². The van der Waals surface area contributed by atoms with Crippen molar-refractivity contribution in [3.8, 4) is 0 Å². The van der Waals surface area contributed by atoms with E-state index < -0.39 is 0 Å². The number of nitrogens with one attached hydrogen (secondary N) is 1. The first kappa shape index (κ1) is 11.4. The average Bonchev–Trinajstić information content (AvgIpc) is 2.82. The lowest BCUT2D eigenvalue weighted by atomic mass is 10.0. The molecular weight excluding hydrogens is 214 g/mol. The van der Waals surface area contributed by atoms with Gasteiger partial charge < -0.3 is 5.32 Å². The van der Waals surface area contributed by atoms with Crippen LogP contribution < -0.4 is 5.32 Å². The Balaban J connectivity index is 1.96. The van der Waals surface area contributed by atoms with Crippen LogP contribution in [0.3, 0.4) is 0 Å². The SMILES string of the molecule is CNC(Cc1ccccc1)Cc1ccsc1. The molecule has 0 spiro atoms. The molecule has 84 valence electrons. The van der Waals surface area contributed by atoms with Crippen molar-refractivity contribution in [2.24, 2.45) is 0 Å². The number of thiophene rings is 1. The van der Waals surface area contributed by atoms with Crippen LogP contribution in [-0.2, 0) is 12.8 Å². The topological polar surface area (TPSA) is 12.0 Å². The summed E-state index contributed by atoms with van der Waals surface area (Å²) in [5.41, 5.74) is 2.83. The first-order valence-corrected chi connectivity index (χ1v) is 6.55. The van der Waals surface area contributed by atoms with Crippen LogP contribution >= 0.6 is 11.3 Å². The van der Waals surface area contributed by atoms with Crippen LogP contribution in [-0.4, -0.2) is 13.1 Å². The summed E-state index contributed by atoms with van der Waals surface area (Å²) in [6.07, 6.45) is 2.20. The van der Waals surface area contributed by atoms with Crippen LogP contribution in [0.25, 0.3) is 0 Å². The van der Waals surface area contributed by atoms with Crippen molar-refractivity contribution in [1.82, 2.24) is 5.32 Å². The van der Waals surface area contributed by atoms with E-state index in [1.807, 2.05) is 7.05 Å². The number of likely N-dealkylation sites (N-methyl/N-ethyl adjacent to an activating group) is 1. The summed E-state index contributed by atoms with van der Waals surface area (Å²) in [6.45, 7) is 0. The van der Waals surface area contributed by atoms with E-state index in [1.54, 1.807) is 11.3 Å². The first-order valence-electron chi connectivity index (χ1n) is 5.61. The number of hydrogen-bond acceptors (Lipinski definition) is 2. The number of hydrogen-bond donors (Lipinski definition) is 1. The van der Waals surface area contributed by atoms with Crippen molar-refractivity contribution in [1.29, 1.82) is 0 Å². The van der Waals surface area contributed by atoms with E-state index in [4.69, 9.17) is 0 Å². The molecule has 0 saturated carbocycles. The van der Waals surface area contributed by atoms with Gasteiger partial charge in [-0.1, -0.05) is 30.3 Å². The summed E-state index contributed by atoms with van der Waals surface area (Å²) >= 11 is 1.77. The van der Waals surface area contributed by atoms with Gasteiger partial charge in [-0.05, 0) is 47.8 Å². The van der Waals surface area contributed by atoms with E-state index in [0.717, 1.165) is 12.8 Å². The monoisotopic (exact) mass is 231 g/mol. The lowest BCUT2D eigenvalue weighted by Gasteiger charge is -2.15. The Kier molecular flexibility index (Phi) is 4.14. The van der Waals surface area contributed by atoms with Gasteiger partial charge in [0, 0.05) is 6.04 Å². The highest BCUT2D eigenvalue weighted by Crippen LogP contribution is 2.11. The molecule has 1 unspecified atom stereocenters. The van der Waals surface area contributed by atoms with Crippen LogP contribution in [0.1, 0.15) is 11.1 Å². The maximum Gasteiger partial charge on any atom is 0.0145 e. The Labute approximate surface area is 101 Å². The van der Waals surface area contributed by atoms with E-state index in [2.05, 4.69) is 52.5 Å². The molecule has 0 aliphatic rings. The second kappa shape index (κ2) is 5.83. The Morgan fingerprint density at radius 1 is 1.06 bits per heavy atom. The first-order chi connectivity index (χ1) is 7.88. The van der Waals surface area contributed by atoms with Gasteiger partial charge in [-0.2, -0.15) is 11.3 Å². The van der Waals surface area contributed by atoms with E-state index in [9.17, 15) is 0 Å². The van der Waals surface area contributed by atoms with Crippen LogP contribution in [0.15, 0.2) is 47.2 Å². The largest absolute Gasteiger partial charge is 0.316 e. The maximum absolute atomic E-state index is 3.39. The summed E-state index contributed by atoms with van der Waals surface area (Å²) in [4.78, 5) is 0. The lowest BCUT2D eigenvalue weighted by Crippen LogP contribution is -2.29. The zero-order valence-electron chi connectivity index (χ0n) is 9.52. The molecule has 0 saturated heterocycles. The van der Waals surface area contributed by atoms with Crippen molar-refractivity contribution in [3.63, 3.8) is 0 Å². The summed E-state index contributed by atoms with van der Waals surface area (Å²) in [6, 6.07) is 13.4. The van der Waals surface area contributed by atoms with Crippen molar-refractivity contribution in [3.05, 3.63) is 58.3 Å². The van der Waals surface area contributed by atoms with Gasteiger partial charge in [0.15, 0.2) is 0 Å². The highest BCUT2D eigenvalue weighted by molar-refractivity contribution is 7.07. The third kappa shape index (κ3) is 3.19. The molecule has 2 aromatic rings. The average molecular weight is 231 g/mol. The molecule has 2 heteroatoms. The zero-order chi connectivity index (χ0) is 11.2. The molecule has 16 heavy (non-hydrogen) atoms. The number of benzene rings is 1. The van der Waals surface area contributed by atoms with Gasteiger partial charge in [0.25, 0.3) is 0 Å². The summed E-state index contributed by atoms with van der Waals surface area (Å²) in [7, 11) is 2.04. The second-order valence-corrected chi connectivity index (χ2v) is 4.79. The Morgan fingerprint density at radius 3 is 2.44 bits per heavy atom. The van der Waals surface area contributed by atoms with Crippen LogP contribution in [0.5, 0.6) is 0 Å². The maximum atomic E-state index is 3.39. The van der Waals surface area contributed by atoms with Gasteiger partial charge in [0.05, 0.1) is 0 Å². The van der Waals surface area contributed by atoms with E-state index >= 15 is 0 Å². The Bertz CT molecular complexity index is 394. The predicted octanol–water partition coefficient (Wildman–Crippen LogP) is 3.12. The minimum absolute atomic E-state index is 0.525. The molecule has 1 aromatic heterocycles. The standard InChI is InChI=1S/C14H17NS/c1-15-14(10-13-7-8-16-11-13)9-12-5-3-2-4-6-12/h2-8,11,14-15H,9-10H2,1H3. The van der Waals surface area contributed by atoms with Crippen molar-refractivity contribution in [2.75, 3.05) is 7.05 Å². The zero-order valence-corrected chi connectivity index (χ0v) is 10.3. The van der Waals surface area contributed by atoms with Crippen molar-refractivity contribution < 1.29 is 0 Å². The molecule has 0 amide bonds. The second-order valence-electron chi connectivity index (χ2n) is 4.01. The fraction of sp³-hybridized carbons (Fsp3) is 0.286. The summed E-state index contributed by atoms with van der Waals surface area (Å²) < 4.78 is 0. The molecule has 0 aliphatic heterocycles. The van der Waals surface area contributed by atoms with Crippen LogP contribution in [0.4, 0.5) is 0 Å². The van der Waals surface area contributed by atoms with Gasteiger partial charge in [0.2, 0.25) is 0 Å². The summed E-state index contributed by atoms with van der Waals surface area (Å²) in [5.74, 6) is 0. The predicted molar refractivity (Wildman–Crippen MR) is 71.0 cm³/mol. The molecule has 1 heterocycles. The highest BCUT2D eigenvalue weighted by atomic mass is 32.1. The molecular formula is C14H17NS. The van der Waals surface area contributed by atoms with Gasteiger partial charge in [-0.3, -0.25) is 0 Å². The van der Waals surface area contributed by atoms with Crippen molar-refractivity contribution >= 4 is 11.3 Å². The van der Waals surface area contributed by atoms with Gasteiger partial charge >= 0.3 is 0 Å². The third-order valence-electron chi connectivity index (χ3n) is 2.80. The minimum Gasteiger partial charge on any atom is -0.316 e. The Morgan fingerprint density at radius 2 is 1.81 bits per heavy atom. The molecule has 0 aliphatic carbocycles. The Hall–Kier alpha value is -1.12. The highest BCUT2D eigenvalue weighted by Gasteiger charge is 2.08. The van der Waals surface area contributed by atoms with E-state index in [-0.39, 0.29) is 0 Å². The van der Waals surface area contributed by atoms with E-state index in [1.165, 1.54) is 11.1 Å². The van der Waals surface area contributed by atoms with Gasteiger partial charge in [-0.25, -0.2) is 0 Å². The molecule has 0 fully saturated rings. The van der Waals surface area contributed by atoms with Gasteiger partial charge in [-0.15, -0.1) is 0 Å². The fourth-order valence-corrected chi connectivity index (χ4v) is 2.55. The molecule has 0 radical (unpaired) electrons. The van der Waals surface area contributed by atoms with Gasteiger partial charge in [0.1, 0.15) is 0 Å². The fourth-order valence-electron chi connectivity index (χ4n) is 1.87. The number of rotatable bonds is 5. The molecule has 0 bridgehead atoms. The van der Waals surface area contributed by atoms with Crippen LogP contribution in [0.2, 0.25) is 0 Å². The molecule has 1 N–H and O–H groups in total. The quantitative estimate of drug-likeness (QED) is 0.833. The van der Waals surface area contributed by atoms with Crippen molar-refractivity contribution in [2.45, 2.75) is 18.9 Å². The summed E-state index contributed by atoms with van der Waals surface area (Å²) in [5, 5.41) is 7.77. The molecule has 2 rings (SSSR count). The normalized spacial score (nSPS) is 12.6. The van der Waals surface area contributed by atoms with E-state index in [0.29, 0.717) is 6.04 Å². The minimum atomic E-state index is 0.525. The molecule has 1 nitrogen and oxygen atoms in total. The smallest absolute Gasteiger partial charge is 0.0145 e. The molecule has 1 aromatic carbocycles. The third-order valence-corrected chi connectivity index (χ3v) is 3.53.